The van der Waals surface area contributed by atoms with Crippen molar-refractivity contribution in [1.29, 1.82) is 0 Å². The predicted octanol–water partition coefficient (Wildman–Crippen LogP) is 1.96. The van der Waals surface area contributed by atoms with Crippen LogP contribution in [0.4, 0.5) is 0 Å². The summed E-state index contributed by atoms with van der Waals surface area (Å²) in [4.78, 5) is 35.3. The molecule has 0 radical (unpaired) electrons. The Morgan fingerprint density at radius 3 is 2.54 bits per heavy atom. The lowest BCUT2D eigenvalue weighted by Crippen LogP contribution is -2.44. The fraction of sp³-hybridized carbons (Fsp3) is 0.421. The maximum Gasteiger partial charge on any atom is 0.331 e. The third-order valence-corrected chi connectivity index (χ3v) is 3.38. The van der Waals surface area contributed by atoms with E-state index < -0.39 is 30.5 Å². The molecule has 7 heteroatoms. The minimum atomic E-state index is -0.765. The van der Waals surface area contributed by atoms with Gasteiger partial charge in [-0.2, -0.15) is 0 Å². The van der Waals surface area contributed by atoms with E-state index >= 15 is 0 Å². The molecule has 0 saturated heterocycles. The van der Waals surface area contributed by atoms with Gasteiger partial charge < -0.3 is 19.5 Å². The third kappa shape index (κ3) is 7.83. The van der Waals surface area contributed by atoms with Crippen LogP contribution in [0.1, 0.15) is 25.8 Å². The first-order valence-electron chi connectivity index (χ1n) is 8.21. The Balaban J connectivity index is 2.50. The Morgan fingerprint density at radius 1 is 1.19 bits per heavy atom. The molecule has 0 aliphatic carbocycles. The number of amides is 1. The fourth-order valence-corrected chi connectivity index (χ4v) is 2.16. The van der Waals surface area contributed by atoms with Gasteiger partial charge in [0.25, 0.3) is 5.91 Å². The molecule has 0 aromatic heterocycles. The standard InChI is InChI=1S/C19H25NO6/c1-13(2)10-16(19(23)25-4)20-17(21)12-26-18(22)9-8-14-6-5-7-15(11-14)24-3/h5-9,11,13,16H,10,12H2,1-4H3,(H,20,21)/b9-8+. The van der Waals surface area contributed by atoms with E-state index in [1.807, 2.05) is 13.8 Å². The van der Waals surface area contributed by atoms with Crippen molar-refractivity contribution < 1.29 is 28.6 Å². The summed E-state index contributed by atoms with van der Waals surface area (Å²) in [5.74, 6) is -0.909. The van der Waals surface area contributed by atoms with Gasteiger partial charge in [-0.3, -0.25) is 4.79 Å². The van der Waals surface area contributed by atoms with Crippen molar-refractivity contribution in [1.82, 2.24) is 5.32 Å². The Bertz CT molecular complexity index is 653. The lowest BCUT2D eigenvalue weighted by molar-refractivity contribution is -0.148. The molecule has 1 atom stereocenters. The first kappa shape index (κ1) is 21.2. The van der Waals surface area contributed by atoms with Crippen LogP contribution in [-0.4, -0.2) is 44.7 Å². The predicted molar refractivity (Wildman–Crippen MR) is 96.4 cm³/mol. The van der Waals surface area contributed by atoms with Gasteiger partial charge in [-0.05, 0) is 36.1 Å². The molecule has 0 spiro atoms. The third-order valence-electron chi connectivity index (χ3n) is 3.38. The molecule has 7 nitrogen and oxygen atoms in total. The second-order valence-corrected chi connectivity index (χ2v) is 5.99. The monoisotopic (exact) mass is 363 g/mol. The number of rotatable bonds is 9. The smallest absolute Gasteiger partial charge is 0.331 e. The summed E-state index contributed by atoms with van der Waals surface area (Å²) in [5.41, 5.74) is 0.758. The Morgan fingerprint density at radius 2 is 1.92 bits per heavy atom. The maximum atomic E-state index is 11.9. The van der Waals surface area contributed by atoms with E-state index in [-0.39, 0.29) is 5.92 Å². The van der Waals surface area contributed by atoms with Gasteiger partial charge in [0.1, 0.15) is 11.8 Å². The number of carbonyl (C=O) groups is 3. The average molecular weight is 363 g/mol. The van der Waals surface area contributed by atoms with Crippen LogP contribution in [0.3, 0.4) is 0 Å². The minimum Gasteiger partial charge on any atom is -0.497 e. The quantitative estimate of drug-likeness (QED) is 0.533. The summed E-state index contributed by atoms with van der Waals surface area (Å²) in [5, 5.41) is 2.51. The van der Waals surface area contributed by atoms with E-state index in [1.165, 1.54) is 13.2 Å². The first-order chi connectivity index (χ1) is 12.3. The summed E-state index contributed by atoms with van der Waals surface area (Å²) in [6.45, 7) is 3.36. The van der Waals surface area contributed by atoms with Gasteiger partial charge in [0.15, 0.2) is 6.61 Å². The highest BCUT2D eigenvalue weighted by molar-refractivity contribution is 5.90. The molecule has 0 heterocycles. The molecular weight excluding hydrogens is 338 g/mol. The topological polar surface area (TPSA) is 90.9 Å². The number of nitrogens with one attached hydrogen (secondary N) is 1. The molecule has 0 aliphatic rings. The number of hydrogen-bond donors (Lipinski definition) is 1. The number of esters is 2. The molecule has 26 heavy (non-hydrogen) atoms. The number of hydrogen-bond acceptors (Lipinski definition) is 6. The van der Waals surface area contributed by atoms with Crippen molar-refractivity contribution in [3.8, 4) is 5.75 Å². The van der Waals surface area contributed by atoms with E-state index in [4.69, 9.17) is 9.47 Å². The highest BCUT2D eigenvalue weighted by Gasteiger charge is 2.22. The van der Waals surface area contributed by atoms with E-state index in [1.54, 1.807) is 37.5 Å². The van der Waals surface area contributed by atoms with Crippen LogP contribution in [0, 0.1) is 5.92 Å². The molecule has 1 amide bonds. The Labute approximate surface area is 153 Å². The summed E-state index contributed by atoms with van der Waals surface area (Å²) < 4.78 is 14.6. The van der Waals surface area contributed by atoms with Crippen LogP contribution in [0.2, 0.25) is 0 Å². The van der Waals surface area contributed by atoms with E-state index in [9.17, 15) is 14.4 Å². The van der Waals surface area contributed by atoms with Crippen LogP contribution < -0.4 is 10.1 Å². The normalized spacial score (nSPS) is 11.9. The van der Waals surface area contributed by atoms with Crippen molar-refractivity contribution in [2.45, 2.75) is 26.3 Å². The molecule has 0 bridgehead atoms. The summed E-state index contributed by atoms with van der Waals surface area (Å²) in [6.07, 6.45) is 3.20. The number of ether oxygens (including phenoxy) is 3. The molecule has 0 fully saturated rings. The lowest BCUT2D eigenvalue weighted by Gasteiger charge is -2.18. The Kier molecular flexibility index (Phi) is 8.91. The van der Waals surface area contributed by atoms with Gasteiger partial charge in [0, 0.05) is 6.08 Å². The molecule has 0 aliphatic heterocycles. The second-order valence-electron chi connectivity index (χ2n) is 5.99. The molecule has 0 saturated carbocycles. The fourth-order valence-electron chi connectivity index (χ4n) is 2.16. The van der Waals surface area contributed by atoms with Crippen LogP contribution in [0.25, 0.3) is 6.08 Å². The van der Waals surface area contributed by atoms with Crippen LogP contribution in [-0.2, 0) is 23.9 Å². The summed E-state index contributed by atoms with van der Waals surface area (Å²) in [6, 6.07) is 6.36. The van der Waals surface area contributed by atoms with Crippen LogP contribution in [0.15, 0.2) is 30.3 Å². The van der Waals surface area contributed by atoms with E-state index in [0.717, 1.165) is 5.56 Å². The molecule has 1 N–H and O–H groups in total. The van der Waals surface area contributed by atoms with E-state index in [2.05, 4.69) is 10.1 Å². The Hall–Kier alpha value is -2.83. The van der Waals surface area contributed by atoms with Crippen molar-refractivity contribution in [3.63, 3.8) is 0 Å². The van der Waals surface area contributed by atoms with Gasteiger partial charge in [0.2, 0.25) is 0 Å². The lowest BCUT2D eigenvalue weighted by atomic mass is 10.0. The highest BCUT2D eigenvalue weighted by Crippen LogP contribution is 2.13. The van der Waals surface area contributed by atoms with Gasteiger partial charge >= 0.3 is 11.9 Å². The van der Waals surface area contributed by atoms with Crippen molar-refractivity contribution in [3.05, 3.63) is 35.9 Å². The van der Waals surface area contributed by atoms with Crippen molar-refractivity contribution in [2.75, 3.05) is 20.8 Å². The molecule has 1 aromatic carbocycles. The van der Waals surface area contributed by atoms with Gasteiger partial charge in [-0.15, -0.1) is 0 Å². The molecule has 1 rings (SSSR count). The molecular formula is C19H25NO6. The minimum absolute atomic E-state index is 0.188. The van der Waals surface area contributed by atoms with Gasteiger partial charge in [-0.1, -0.05) is 26.0 Å². The van der Waals surface area contributed by atoms with Gasteiger partial charge in [-0.25, -0.2) is 9.59 Å². The number of methoxy groups -OCH3 is 2. The zero-order valence-corrected chi connectivity index (χ0v) is 15.5. The number of carbonyl (C=O) groups excluding carboxylic acids is 3. The van der Waals surface area contributed by atoms with Crippen LogP contribution in [0.5, 0.6) is 5.75 Å². The van der Waals surface area contributed by atoms with Crippen molar-refractivity contribution >= 4 is 23.9 Å². The zero-order valence-electron chi connectivity index (χ0n) is 15.5. The van der Waals surface area contributed by atoms with Gasteiger partial charge in [0.05, 0.1) is 14.2 Å². The summed E-state index contributed by atoms with van der Waals surface area (Å²) in [7, 11) is 2.81. The number of benzene rings is 1. The largest absolute Gasteiger partial charge is 0.497 e. The molecule has 142 valence electrons. The second kappa shape index (κ2) is 10.9. The molecule has 1 unspecified atom stereocenters. The highest BCUT2D eigenvalue weighted by atomic mass is 16.5. The average Bonchev–Trinajstić information content (AvgIpc) is 2.63. The van der Waals surface area contributed by atoms with E-state index in [0.29, 0.717) is 12.2 Å². The maximum absolute atomic E-state index is 11.9. The zero-order chi connectivity index (χ0) is 19.5. The van der Waals surface area contributed by atoms with Crippen LogP contribution >= 0.6 is 0 Å². The molecule has 1 aromatic rings. The summed E-state index contributed by atoms with van der Waals surface area (Å²) >= 11 is 0. The first-order valence-corrected chi connectivity index (χ1v) is 8.21. The van der Waals surface area contributed by atoms with Crippen molar-refractivity contribution in [2.24, 2.45) is 5.92 Å². The SMILES string of the molecule is COC(=O)C(CC(C)C)NC(=O)COC(=O)/C=C/c1cccc(OC)c1.